The van der Waals surface area contributed by atoms with E-state index in [1.54, 1.807) is 12.1 Å². The third-order valence-corrected chi connectivity index (χ3v) is 6.74. The van der Waals surface area contributed by atoms with Crippen LogP contribution < -0.4 is 9.83 Å². The number of carbonyl (C=O) groups excluding carboxylic acids is 1. The number of rotatable bonds is 4. The van der Waals surface area contributed by atoms with Crippen molar-refractivity contribution in [2.75, 3.05) is 13.1 Å². The number of alkyl halides is 3. The molecule has 6 nitrogen and oxygen atoms in total. The number of nitrogens with one attached hydrogen (secondary N) is 1. The number of hydrogen-bond acceptors (Lipinski definition) is 4. The van der Waals surface area contributed by atoms with Crippen molar-refractivity contribution in [2.45, 2.75) is 30.0 Å². The summed E-state index contributed by atoms with van der Waals surface area (Å²) in [5.41, 5.74) is -0.829. The van der Waals surface area contributed by atoms with Crippen molar-refractivity contribution in [3.05, 3.63) is 53.1 Å². The van der Waals surface area contributed by atoms with E-state index >= 15 is 0 Å². The van der Waals surface area contributed by atoms with E-state index in [9.17, 15) is 31.5 Å². The van der Waals surface area contributed by atoms with E-state index in [1.165, 1.54) is 18.2 Å². The highest BCUT2D eigenvalue weighted by Crippen LogP contribution is 2.38. The van der Waals surface area contributed by atoms with Gasteiger partial charge in [-0.2, -0.15) is 13.2 Å². The van der Waals surface area contributed by atoms with Gasteiger partial charge in [-0.1, -0.05) is 35.9 Å². The van der Waals surface area contributed by atoms with Gasteiger partial charge in [0.05, 0.1) is 10.5 Å². The Balaban J connectivity index is 1.92. The number of carboxylic acid groups (broad SMARTS) is 1. The summed E-state index contributed by atoms with van der Waals surface area (Å²) in [7, 11) is -4.51. The minimum Gasteiger partial charge on any atom is -0.530 e. The van der Waals surface area contributed by atoms with Crippen molar-refractivity contribution in [3.63, 3.8) is 0 Å². The van der Waals surface area contributed by atoms with E-state index in [1.807, 2.05) is 0 Å². The Morgan fingerprint density at radius 1 is 1.13 bits per heavy atom. The number of amides is 1. The van der Waals surface area contributed by atoms with Crippen LogP contribution in [0.3, 0.4) is 0 Å². The maximum absolute atomic E-state index is 13.7. The molecule has 2 aromatic rings. The van der Waals surface area contributed by atoms with Gasteiger partial charge in [0.15, 0.2) is 0 Å². The molecule has 1 aliphatic rings. The number of likely N-dealkylation sites (tertiary alicyclic amines) is 1. The molecular formula is C19H17ClF3N2O4S-. The van der Waals surface area contributed by atoms with Crippen LogP contribution in [-0.4, -0.2) is 38.5 Å². The first-order valence-corrected chi connectivity index (χ1v) is 10.8. The van der Waals surface area contributed by atoms with Crippen LogP contribution in [0.1, 0.15) is 18.4 Å². The summed E-state index contributed by atoms with van der Waals surface area (Å²) in [5.74, 6) is 0. The summed E-state index contributed by atoms with van der Waals surface area (Å²) < 4.78 is 68.8. The highest BCUT2D eigenvalue weighted by Gasteiger charge is 2.38. The van der Waals surface area contributed by atoms with Crippen molar-refractivity contribution in [1.29, 1.82) is 0 Å². The van der Waals surface area contributed by atoms with Crippen LogP contribution in [-0.2, 0) is 16.2 Å². The molecule has 1 N–H and O–H groups in total. The molecule has 30 heavy (non-hydrogen) atoms. The normalized spacial score (nSPS) is 15.9. The van der Waals surface area contributed by atoms with E-state index in [4.69, 9.17) is 11.6 Å². The molecule has 0 saturated carbocycles. The van der Waals surface area contributed by atoms with Crippen LogP contribution in [0.5, 0.6) is 0 Å². The van der Waals surface area contributed by atoms with Gasteiger partial charge in [0.25, 0.3) is 0 Å². The zero-order valence-corrected chi connectivity index (χ0v) is 17.0. The minimum absolute atomic E-state index is 0.0348. The molecule has 0 radical (unpaired) electrons. The van der Waals surface area contributed by atoms with Gasteiger partial charge in [0.1, 0.15) is 6.09 Å². The third kappa shape index (κ3) is 4.88. The average molecular weight is 462 g/mol. The van der Waals surface area contributed by atoms with Crippen LogP contribution in [0, 0.1) is 0 Å². The fourth-order valence-corrected chi connectivity index (χ4v) is 5.07. The van der Waals surface area contributed by atoms with Crippen LogP contribution in [0.25, 0.3) is 11.1 Å². The summed E-state index contributed by atoms with van der Waals surface area (Å²) in [6, 6.07) is 8.54. The summed E-state index contributed by atoms with van der Waals surface area (Å²) in [6.07, 6.45) is -6.02. The Morgan fingerprint density at radius 3 is 2.33 bits per heavy atom. The Kier molecular flexibility index (Phi) is 6.30. The van der Waals surface area contributed by atoms with Gasteiger partial charge in [-0.25, -0.2) is 13.1 Å². The Labute approximate surface area is 176 Å². The second kappa shape index (κ2) is 8.44. The van der Waals surface area contributed by atoms with Crippen molar-refractivity contribution < 1.29 is 31.5 Å². The van der Waals surface area contributed by atoms with Gasteiger partial charge in [0, 0.05) is 29.7 Å². The largest absolute Gasteiger partial charge is 0.530 e. The molecule has 1 aliphatic heterocycles. The molecule has 0 spiro atoms. The van der Waals surface area contributed by atoms with Gasteiger partial charge >= 0.3 is 6.18 Å². The Bertz CT molecular complexity index is 1050. The molecule has 0 aliphatic carbocycles. The van der Waals surface area contributed by atoms with Gasteiger partial charge in [-0.15, -0.1) is 0 Å². The molecule has 1 amide bonds. The summed E-state index contributed by atoms with van der Waals surface area (Å²) >= 11 is 6.06. The van der Waals surface area contributed by atoms with E-state index in [2.05, 4.69) is 4.72 Å². The molecule has 3 rings (SSSR count). The molecule has 0 unspecified atom stereocenters. The lowest BCUT2D eigenvalue weighted by molar-refractivity contribution is -0.266. The second-order valence-electron chi connectivity index (χ2n) is 6.84. The number of piperidine rings is 1. The second-order valence-corrected chi connectivity index (χ2v) is 8.93. The van der Waals surface area contributed by atoms with Gasteiger partial charge in [-0.3, -0.25) is 0 Å². The number of sulfonamides is 1. The maximum atomic E-state index is 13.7. The molecule has 0 aromatic heterocycles. The van der Waals surface area contributed by atoms with Gasteiger partial charge in [-0.05, 0) is 36.6 Å². The molecule has 11 heteroatoms. The Hall–Kier alpha value is -2.30. The van der Waals surface area contributed by atoms with E-state index in [0.29, 0.717) is 5.56 Å². The lowest BCUT2D eigenvalue weighted by atomic mass is 10.0. The lowest BCUT2D eigenvalue weighted by Crippen LogP contribution is -2.50. The number of hydrogen-bond donors (Lipinski definition) is 1. The van der Waals surface area contributed by atoms with Gasteiger partial charge in [0.2, 0.25) is 10.0 Å². The molecule has 2 aromatic carbocycles. The van der Waals surface area contributed by atoms with Crippen molar-refractivity contribution in [3.8, 4) is 11.1 Å². The summed E-state index contributed by atoms with van der Waals surface area (Å²) in [5, 5.41) is 11.1. The maximum Gasteiger partial charge on any atom is 0.417 e. The number of carbonyl (C=O) groups is 1. The monoisotopic (exact) mass is 461 g/mol. The summed E-state index contributed by atoms with van der Waals surface area (Å²) in [6.45, 7) is 0.0696. The van der Waals surface area contributed by atoms with Crippen LogP contribution in [0.15, 0.2) is 47.4 Å². The lowest BCUT2D eigenvalue weighted by Gasteiger charge is -2.33. The van der Waals surface area contributed by atoms with E-state index in [0.717, 1.165) is 17.0 Å². The number of nitrogens with zero attached hydrogens (tertiary/aromatic N) is 1. The van der Waals surface area contributed by atoms with E-state index in [-0.39, 0.29) is 36.5 Å². The number of benzene rings is 2. The topological polar surface area (TPSA) is 89.5 Å². The smallest absolute Gasteiger partial charge is 0.417 e. The van der Waals surface area contributed by atoms with Gasteiger partial charge < -0.3 is 14.8 Å². The standard InChI is InChI=1S/C19H18ClF3N2O4S/c20-16-4-2-1-3-14(16)12-5-6-17(15(11-12)19(21,22)23)30(28,29)24-13-7-9-25(10-8-13)18(26)27/h1-6,11,13,24H,7-10H2,(H,26,27)/p-1. The summed E-state index contributed by atoms with van der Waals surface area (Å²) in [4.78, 5) is 11.0. The predicted molar refractivity (Wildman–Crippen MR) is 102 cm³/mol. The van der Waals surface area contributed by atoms with Crippen LogP contribution in [0.4, 0.5) is 18.0 Å². The molecule has 1 heterocycles. The predicted octanol–water partition coefficient (Wildman–Crippen LogP) is 3.11. The van der Waals surface area contributed by atoms with E-state index < -0.39 is 38.8 Å². The van der Waals surface area contributed by atoms with Crippen molar-refractivity contribution in [2.24, 2.45) is 0 Å². The Morgan fingerprint density at radius 2 is 1.77 bits per heavy atom. The molecule has 0 atom stereocenters. The average Bonchev–Trinajstić information content (AvgIpc) is 2.67. The quantitative estimate of drug-likeness (QED) is 0.757. The third-order valence-electron chi connectivity index (χ3n) is 4.83. The number of halogens is 4. The molecule has 0 bridgehead atoms. The van der Waals surface area contributed by atoms with Crippen molar-refractivity contribution in [1.82, 2.24) is 9.62 Å². The first-order chi connectivity index (χ1) is 14.0. The molecule has 1 fully saturated rings. The highest BCUT2D eigenvalue weighted by molar-refractivity contribution is 7.89. The molecular weight excluding hydrogens is 445 g/mol. The fourth-order valence-electron chi connectivity index (χ4n) is 3.31. The van der Waals surface area contributed by atoms with Crippen LogP contribution >= 0.6 is 11.6 Å². The molecule has 1 saturated heterocycles. The highest BCUT2D eigenvalue weighted by atomic mass is 35.5. The zero-order valence-electron chi connectivity index (χ0n) is 15.4. The zero-order chi connectivity index (χ0) is 22.1. The minimum atomic E-state index is -4.92. The SMILES string of the molecule is O=C([O-])N1CCC(NS(=O)(=O)c2ccc(-c3ccccc3Cl)cc2C(F)(F)F)CC1. The molecule has 162 valence electrons. The fraction of sp³-hybridized carbons (Fsp3) is 0.316. The first kappa shape index (κ1) is 22.4. The van der Waals surface area contributed by atoms with Crippen molar-refractivity contribution >= 4 is 27.7 Å². The first-order valence-electron chi connectivity index (χ1n) is 8.93. The van der Waals surface area contributed by atoms with Crippen LogP contribution in [0.2, 0.25) is 5.02 Å².